The largest absolute Gasteiger partial charge is 0.377 e. The van der Waals surface area contributed by atoms with Crippen LogP contribution in [0.15, 0.2) is 0 Å². The summed E-state index contributed by atoms with van der Waals surface area (Å²) in [6.07, 6.45) is 7.61. The molecule has 3 atom stereocenters. The van der Waals surface area contributed by atoms with Gasteiger partial charge in [0.15, 0.2) is 0 Å². The van der Waals surface area contributed by atoms with Crippen molar-refractivity contribution in [1.82, 2.24) is 0 Å². The summed E-state index contributed by atoms with van der Waals surface area (Å²) in [4.78, 5) is 0. The summed E-state index contributed by atoms with van der Waals surface area (Å²) < 4.78 is 5.84. The van der Waals surface area contributed by atoms with Crippen molar-refractivity contribution in [2.45, 2.75) is 64.5 Å². The van der Waals surface area contributed by atoms with Gasteiger partial charge in [-0.1, -0.05) is 26.7 Å². The minimum Gasteiger partial charge on any atom is -0.377 e. The normalized spacial score (nSPS) is 33.2. The van der Waals surface area contributed by atoms with E-state index in [-0.39, 0.29) is 6.04 Å². The second-order valence-electron chi connectivity index (χ2n) is 4.51. The Morgan fingerprint density at radius 2 is 2.07 bits per heavy atom. The lowest BCUT2D eigenvalue weighted by Gasteiger charge is -2.33. The van der Waals surface area contributed by atoms with Gasteiger partial charge in [0.1, 0.15) is 0 Å². The Balaban J connectivity index is 2.25. The molecule has 2 heteroatoms. The fraction of sp³-hybridized carbons (Fsp3) is 1.00. The van der Waals surface area contributed by atoms with Gasteiger partial charge in [0.25, 0.3) is 0 Å². The van der Waals surface area contributed by atoms with Gasteiger partial charge in [-0.3, -0.25) is 0 Å². The molecular weight excluding hydrogens is 174 g/mol. The SMILES string of the molecule is CCCCOC1CC(CC)CCC1N. The topological polar surface area (TPSA) is 35.2 Å². The maximum atomic E-state index is 6.05. The second-order valence-corrected chi connectivity index (χ2v) is 4.51. The molecule has 0 bridgehead atoms. The molecule has 14 heavy (non-hydrogen) atoms. The van der Waals surface area contributed by atoms with Gasteiger partial charge in [-0.15, -0.1) is 0 Å². The van der Waals surface area contributed by atoms with Crippen LogP contribution in [0.4, 0.5) is 0 Å². The summed E-state index contributed by atoms with van der Waals surface area (Å²) in [6.45, 7) is 5.36. The first kappa shape index (κ1) is 12.0. The minimum absolute atomic E-state index is 0.287. The van der Waals surface area contributed by atoms with Crippen molar-refractivity contribution in [3.63, 3.8) is 0 Å². The van der Waals surface area contributed by atoms with E-state index in [0.717, 1.165) is 18.9 Å². The van der Waals surface area contributed by atoms with Crippen LogP contribution in [-0.2, 0) is 4.74 Å². The number of hydrogen-bond acceptors (Lipinski definition) is 2. The zero-order valence-corrected chi connectivity index (χ0v) is 9.67. The molecular formula is C12H25NO. The van der Waals surface area contributed by atoms with E-state index < -0.39 is 0 Å². The first-order valence-corrected chi connectivity index (χ1v) is 6.15. The van der Waals surface area contributed by atoms with E-state index in [1.165, 1.54) is 32.1 Å². The van der Waals surface area contributed by atoms with E-state index in [1.54, 1.807) is 0 Å². The van der Waals surface area contributed by atoms with Crippen molar-refractivity contribution >= 4 is 0 Å². The van der Waals surface area contributed by atoms with Gasteiger partial charge in [-0.05, 0) is 31.6 Å². The number of rotatable bonds is 5. The summed E-state index contributed by atoms with van der Waals surface area (Å²) in [5.74, 6) is 0.849. The zero-order chi connectivity index (χ0) is 10.4. The summed E-state index contributed by atoms with van der Waals surface area (Å²) in [6, 6.07) is 0.287. The van der Waals surface area contributed by atoms with Gasteiger partial charge in [0, 0.05) is 12.6 Å². The second kappa shape index (κ2) is 6.41. The third-order valence-electron chi connectivity index (χ3n) is 3.36. The highest BCUT2D eigenvalue weighted by atomic mass is 16.5. The summed E-state index contributed by atoms with van der Waals surface area (Å²) in [7, 11) is 0. The molecule has 0 aromatic carbocycles. The number of hydrogen-bond donors (Lipinski definition) is 1. The molecule has 0 spiro atoms. The Morgan fingerprint density at radius 1 is 1.29 bits per heavy atom. The van der Waals surface area contributed by atoms with Gasteiger partial charge < -0.3 is 10.5 Å². The van der Waals surface area contributed by atoms with Crippen LogP contribution in [-0.4, -0.2) is 18.8 Å². The van der Waals surface area contributed by atoms with Crippen molar-refractivity contribution in [2.24, 2.45) is 11.7 Å². The van der Waals surface area contributed by atoms with Crippen LogP contribution in [0.1, 0.15) is 52.4 Å². The molecule has 0 heterocycles. The third kappa shape index (κ3) is 3.58. The van der Waals surface area contributed by atoms with Gasteiger partial charge in [0.2, 0.25) is 0 Å². The van der Waals surface area contributed by atoms with Gasteiger partial charge in [-0.2, -0.15) is 0 Å². The van der Waals surface area contributed by atoms with Crippen LogP contribution < -0.4 is 5.73 Å². The molecule has 1 aliphatic rings. The monoisotopic (exact) mass is 199 g/mol. The van der Waals surface area contributed by atoms with E-state index in [9.17, 15) is 0 Å². The van der Waals surface area contributed by atoms with Crippen molar-refractivity contribution in [1.29, 1.82) is 0 Å². The maximum Gasteiger partial charge on any atom is 0.0728 e. The minimum atomic E-state index is 0.287. The van der Waals surface area contributed by atoms with Crippen molar-refractivity contribution in [2.75, 3.05) is 6.61 Å². The molecule has 2 N–H and O–H groups in total. The third-order valence-corrected chi connectivity index (χ3v) is 3.36. The lowest BCUT2D eigenvalue weighted by atomic mass is 9.83. The predicted molar refractivity (Wildman–Crippen MR) is 60.3 cm³/mol. The zero-order valence-electron chi connectivity index (χ0n) is 9.67. The van der Waals surface area contributed by atoms with Crippen molar-refractivity contribution < 1.29 is 4.74 Å². The van der Waals surface area contributed by atoms with E-state index in [0.29, 0.717) is 6.10 Å². The maximum absolute atomic E-state index is 6.05. The van der Waals surface area contributed by atoms with E-state index >= 15 is 0 Å². The Bertz CT molecular complexity index is 149. The first-order chi connectivity index (χ1) is 6.77. The molecule has 1 fully saturated rings. The highest BCUT2D eigenvalue weighted by Gasteiger charge is 2.27. The predicted octanol–water partition coefficient (Wildman–Crippen LogP) is 2.71. The smallest absolute Gasteiger partial charge is 0.0728 e. The van der Waals surface area contributed by atoms with Gasteiger partial charge in [-0.25, -0.2) is 0 Å². The fourth-order valence-corrected chi connectivity index (χ4v) is 2.18. The average Bonchev–Trinajstić information content (AvgIpc) is 2.21. The van der Waals surface area contributed by atoms with Gasteiger partial charge >= 0.3 is 0 Å². The molecule has 84 valence electrons. The summed E-state index contributed by atoms with van der Waals surface area (Å²) >= 11 is 0. The van der Waals surface area contributed by atoms with Crippen LogP contribution in [0.2, 0.25) is 0 Å². The summed E-state index contributed by atoms with van der Waals surface area (Å²) in [5.41, 5.74) is 6.05. The number of unbranched alkanes of at least 4 members (excludes halogenated alkanes) is 1. The number of nitrogens with two attached hydrogens (primary N) is 1. The van der Waals surface area contributed by atoms with Crippen LogP contribution in [0.5, 0.6) is 0 Å². The highest BCUT2D eigenvalue weighted by molar-refractivity contribution is 4.82. The molecule has 0 amide bonds. The molecule has 0 aromatic heterocycles. The van der Waals surface area contributed by atoms with Crippen LogP contribution in [0, 0.1) is 5.92 Å². The molecule has 0 aliphatic heterocycles. The lowest BCUT2D eigenvalue weighted by molar-refractivity contribution is -0.00191. The summed E-state index contributed by atoms with van der Waals surface area (Å²) in [5, 5.41) is 0. The standard InChI is InChI=1S/C12H25NO/c1-3-5-8-14-12-9-10(4-2)6-7-11(12)13/h10-12H,3-9,13H2,1-2H3. The quantitative estimate of drug-likeness (QED) is 0.691. The fourth-order valence-electron chi connectivity index (χ4n) is 2.18. The molecule has 1 rings (SSSR count). The molecule has 2 nitrogen and oxygen atoms in total. The van der Waals surface area contributed by atoms with E-state index in [2.05, 4.69) is 13.8 Å². The molecule has 0 aromatic rings. The highest BCUT2D eigenvalue weighted by Crippen LogP contribution is 2.27. The Labute approximate surface area is 88.2 Å². The van der Waals surface area contributed by atoms with Crippen LogP contribution in [0.3, 0.4) is 0 Å². The van der Waals surface area contributed by atoms with E-state index in [4.69, 9.17) is 10.5 Å². The number of ether oxygens (including phenoxy) is 1. The molecule has 1 aliphatic carbocycles. The van der Waals surface area contributed by atoms with Crippen molar-refractivity contribution in [3.05, 3.63) is 0 Å². The molecule has 1 saturated carbocycles. The Kier molecular flexibility index (Phi) is 5.49. The average molecular weight is 199 g/mol. The Hall–Kier alpha value is -0.0800. The van der Waals surface area contributed by atoms with E-state index in [1.807, 2.05) is 0 Å². The van der Waals surface area contributed by atoms with Crippen LogP contribution >= 0.6 is 0 Å². The van der Waals surface area contributed by atoms with Gasteiger partial charge in [0.05, 0.1) is 6.10 Å². The molecule has 3 unspecified atom stereocenters. The molecule has 0 radical (unpaired) electrons. The first-order valence-electron chi connectivity index (χ1n) is 6.15. The molecule has 0 saturated heterocycles. The van der Waals surface area contributed by atoms with Crippen molar-refractivity contribution in [3.8, 4) is 0 Å². The lowest BCUT2D eigenvalue weighted by Crippen LogP contribution is -2.42. The van der Waals surface area contributed by atoms with Crippen LogP contribution in [0.25, 0.3) is 0 Å². The Morgan fingerprint density at radius 3 is 2.71 bits per heavy atom.